The van der Waals surface area contributed by atoms with Crippen LogP contribution >= 0.6 is 0 Å². The first kappa shape index (κ1) is 8.26. The summed E-state index contributed by atoms with van der Waals surface area (Å²) in [5, 5.41) is 0. The van der Waals surface area contributed by atoms with Gasteiger partial charge in [0.15, 0.2) is 12.0 Å². The van der Waals surface area contributed by atoms with Crippen LogP contribution < -0.4 is 5.73 Å². The lowest BCUT2D eigenvalue weighted by Crippen LogP contribution is -2.17. The van der Waals surface area contributed by atoms with E-state index in [2.05, 4.69) is 4.98 Å². The second kappa shape index (κ2) is 3.18. The van der Waals surface area contributed by atoms with Crippen molar-refractivity contribution >= 4 is 11.1 Å². The zero-order valence-corrected chi connectivity index (χ0v) is 7.53. The average molecular weight is 176 g/mol. The molecule has 0 aliphatic rings. The van der Waals surface area contributed by atoms with Crippen molar-refractivity contribution < 1.29 is 4.42 Å². The van der Waals surface area contributed by atoms with Gasteiger partial charge in [0.05, 0.1) is 0 Å². The molecule has 0 aliphatic heterocycles. The van der Waals surface area contributed by atoms with Crippen molar-refractivity contribution in [1.29, 1.82) is 0 Å². The van der Waals surface area contributed by atoms with Crippen molar-refractivity contribution in [3.63, 3.8) is 0 Å². The molecule has 3 heteroatoms. The number of hydrogen-bond donors (Lipinski definition) is 1. The van der Waals surface area contributed by atoms with Crippen LogP contribution in [0.2, 0.25) is 0 Å². The van der Waals surface area contributed by atoms with Crippen LogP contribution in [-0.4, -0.2) is 11.0 Å². The van der Waals surface area contributed by atoms with Gasteiger partial charge in [-0.05, 0) is 31.0 Å². The van der Waals surface area contributed by atoms with E-state index < -0.39 is 0 Å². The zero-order valence-electron chi connectivity index (χ0n) is 7.53. The summed E-state index contributed by atoms with van der Waals surface area (Å²) in [6.07, 6.45) is 2.34. The third-order valence-corrected chi connectivity index (χ3v) is 1.95. The fraction of sp³-hybridized carbons (Fsp3) is 0.300. The highest BCUT2D eigenvalue weighted by molar-refractivity contribution is 5.72. The van der Waals surface area contributed by atoms with Crippen molar-refractivity contribution in [3.05, 3.63) is 30.2 Å². The minimum atomic E-state index is 0.185. The predicted octanol–water partition coefficient (Wildman–Crippen LogP) is 1.72. The molecule has 0 saturated heterocycles. The normalized spacial score (nSPS) is 13.4. The van der Waals surface area contributed by atoms with E-state index in [0.29, 0.717) is 0 Å². The van der Waals surface area contributed by atoms with Crippen LogP contribution in [0.4, 0.5) is 0 Å². The van der Waals surface area contributed by atoms with Crippen molar-refractivity contribution in [2.45, 2.75) is 19.4 Å². The van der Waals surface area contributed by atoms with E-state index in [1.165, 1.54) is 12.0 Å². The van der Waals surface area contributed by atoms with E-state index in [1.807, 2.05) is 25.1 Å². The molecule has 0 saturated carbocycles. The number of hydrogen-bond acceptors (Lipinski definition) is 3. The van der Waals surface area contributed by atoms with Crippen molar-refractivity contribution in [2.75, 3.05) is 0 Å². The second-order valence-electron chi connectivity index (χ2n) is 3.34. The molecule has 0 bridgehead atoms. The lowest BCUT2D eigenvalue weighted by atomic mass is 10.1. The Balaban J connectivity index is 2.37. The van der Waals surface area contributed by atoms with E-state index in [0.717, 1.165) is 17.5 Å². The van der Waals surface area contributed by atoms with Crippen LogP contribution in [0.1, 0.15) is 12.5 Å². The highest BCUT2D eigenvalue weighted by atomic mass is 16.3. The molecule has 1 aromatic carbocycles. The van der Waals surface area contributed by atoms with Crippen LogP contribution in [-0.2, 0) is 6.42 Å². The van der Waals surface area contributed by atoms with E-state index in [1.54, 1.807) is 0 Å². The molecule has 0 radical (unpaired) electrons. The Morgan fingerprint density at radius 1 is 1.54 bits per heavy atom. The maximum atomic E-state index is 5.70. The Bertz CT molecular complexity index is 406. The minimum Gasteiger partial charge on any atom is -0.443 e. The molecule has 1 aromatic heterocycles. The SMILES string of the molecule is CC(N)Cc1ccc2ocnc2c1. The van der Waals surface area contributed by atoms with Gasteiger partial charge in [-0.25, -0.2) is 4.98 Å². The molecule has 1 unspecified atom stereocenters. The average Bonchev–Trinajstić information content (AvgIpc) is 2.49. The maximum Gasteiger partial charge on any atom is 0.181 e. The van der Waals surface area contributed by atoms with Gasteiger partial charge in [0.2, 0.25) is 0 Å². The molecule has 3 nitrogen and oxygen atoms in total. The number of rotatable bonds is 2. The summed E-state index contributed by atoms with van der Waals surface area (Å²) in [6, 6.07) is 6.16. The smallest absolute Gasteiger partial charge is 0.181 e. The molecule has 2 N–H and O–H groups in total. The van der Waals surface area contributed by atoms with Gasteiger partial charge in [-0.3, -0.25) is 0 Å². The first-order valence-corrected chi connectivity index (χ1v) is 4.33. The maximum absolute atomic E-state index is 5.70. The number of aromatic nitrogens is 1. The molecule has 0 aliphatic carbocycles. The van der Waals surface area contributed by atoms with Crippen LogP contribution in [0.25, 0.3) is 11.1 Å². The number of fused-ring (bicyclic) bond motifs is 1. The van der Waals surface area contributed by atoms with Crippen LogP contribution in [0.5, 0.6) is 0 Å². The molecule has 2 aromatic rings. The molecule has 68 valence electrons. The number of nitrogens with two attached hydrogens (primary N) is 1. The topological polar surface area (TPSA) is 52.0 Å². The van der Waals surface area contributed by atoms with Crippen LogP contribution in [0, 0.1) is 0 Å². The number of nitrogens with zero attached hydrogens (tertiary/aromatic N) is 1. The highest BCUT2D eigenvalue weighted by Gasteiger charge is 2.01. The third-order valence-electron chi connectivity index (χ3n) is 1.95. The number of oxazole rings is 1. The van der Waals surface area contributed by atoms with Crippen molar-refractivity contribution in [3.8, 4) is 0 Å². The minimum absolute atomic E-state index is 0.185. The quantitative estimate of drug-likeness (QED) is 0.757. The molecule has 1 atom stereocenters. The van der Waals surface area contributed by atoms with Gasteiger partial charge in [-0.2, -0.15) is 0 Å². The Hall–Kier alpha value is -1.35. The molecule has 0 fully saturated rings. The lowest BCUT2D eigenvalue weighted by Gasteiger charge is -2.03. The fourth-order valence-corrected chi connectivity index (χ4v) is 1.40. The monoisotopic (exact) mass is 176 g/mol. The molecule has 1 heterocycles. The molecule has 2 rings (SSSR count). The summed E-state index contributed by atoms with van der Waals surface area (Å²) < 4.78 is 5.14. The van der Waals surface area contributed by atoms with Gasteiger partial charge in [0.1, 0.15) is 5.52 Å². The van der Waals surface area contributed by atoms with Gasteiger partial charge in [-0.1, -0.05) is 6.07 Å². The van der Waals surface area contributed by atoms with E-state index >= 15 is 0 Å². The van der Waals surface area contributed by atoms with E-state index in [9.17, 15) is 0 Å². The summed E-state index contributed by atoms with van der Waals surface area (Å²) >= 11 is 0. The van der Waals surface area contributed by atoms with Crippen molar-refractivity contribution in [1.82, 2.24) is 4.98 Å². The summed E-state index contributed by atoms with van der Waals surface area (Å²) in [7, 11) is 0. The third kappa shape index (κ3) is 1.70. The van der Waals surface area contributed by atoms with Crippen LogP contribution in [0.3, 0.4) is 0 Å². The summed E-state index contributed by atoms with van der Waals surface area (Å²) in [6.45, 7) is 1.99. The molecular formula is C10H12N2O. The molecule has 13 heavy (non-hydrogen) atoms. The van der Waals surface area contributed by atoms with Gasteiger partial charge in [0, 0.05) is 6.04 Å². The van der Waals surface area contributed by atoms with E-state index in [-0.39, 0.29) is 6.04 Å². The molecular weight excluding hydrogens is 164 g/mol. The first-order valence-electron chi connectivity index (χ1n) is 4.33. The lowest BCUT2D eigenvalue weighted by molar-refractivity contribution is 0.602. The van der Waals surface area contributed by atoms with E-state index in [4.69, 9.17) is 10.2 Å². The standard InChI is InChI=1S/C10H12N2O/c1-7(11)4-8-2-3-10-9(5-8)12-6-13-10/h2-3,5-7H,4,11H2,1H3. The van der Waals surface area contributed by atoms with Gasteiger partial charge >= 0.3 is 0 Å². The Kier molecular flexibility index (Phi) is 2.02. The Morgan fingerprint density at radius 3 is 3.15 bits per heavy atom. The largest absolute Gasteiger partial charge is 0.443 e. The van der Waals surface area contributed by atoms with Crippen LogP contribution in [0.15, 0.2) is 29.0 Å². The van der Waals surface area contributed by atoms with Crippen molar-refractivity contribution in [2.24, 2.45) is 5.73 Å². The van der Waals surface area contributed by atoms with Gasteiger partial charge in [-0.15, -0.1) is 0 Å². The summed E-state index contributed by atoms with van der Waals surface area (Å²) in [4.78, 5) is 4.08. The molecule has 0 amide bonds. The Morgan fingerprint density at radius 2 is 2.38 bits per heavy atom. The zero-order chi connectivity index (χ0) is 9.26. The highest BCUT2D eigenvalue weighted by Crippen LogP contribution is 2.14. The molecule has 0 spiro atoms. The summed E-state index contributed by atoms with van der Waals surface area (Å²) in [5.41, 5.74) is 8.63. The predicted molar refractivity (Wildman–Crippen MR) is 51.4 cm³/mol. The fourth-order valence-electron chi connectivity index (χ4n) is 1.40. The van der Waals surface area contributed by atoms with Gasteiger partial charge in [0.25, 0.3) is 0 Å². The van der Waals surface area contributed by atoms with Gasteiger partial charge < -0.3 is 10.2 Å². The Labute approximate surface area is 76.6 Å². The second-order valence-corrected chi connectivity index (χ2v) is 3.34. The number of benzene rings is 1. The first-order chi connectivity index (χ1) is 6.25. The summed E-state index contributed by atoms with van der Waals surface area (Å²) in [5.74, 6) is 0.